The number of aromatic nitrogens is 3. The number of hydrogen-bond acceptors (Lipinski definition) is 6. The van der Waals surface area contributed by atoms with E-state index < -0.39 is 10.8 Å². The zero-order valence-electron chi connectivity index (χ0n) is 17.2. The predicted molar refractivity (Wildman–Crippen MR) is 118 cm³/mol. The Balaban J connectivity index is 1.67. The molecule has 0 saturated heterocycles. The fraction of sp³-hybridized carbons (Fsp3) is 0.130. The van der Waals surface area contributed by atoms with Gasteiger partial charge >= 0.3 is 0 Å². The number of pyridine rings is 1. The Morgan fingerprint density at radius 2 is 1.81 bits per heavy atom. The Hall–Kier alpha value is -4.40. The minimum atomic E-state index is -0.519. The molecule has 0 bridgehead atoms. The number of nitro groups is 1. The summed E-state index contributed by atoms with van der Waals surface area (Å²) in [4.78, 5) is 40.6. The van der Waals surface area contributed by atoms with Crippen LogP contribution in [0.1, 0.15) is 27.3 Å². The molecule has 0 radical (unpaired) electrons. The lowest BCUT2D eigenvalue weighted by Gasteiger charge is -2.12. The molecule has 0 unspecified atom stereocenters. The average Bonchev–Trinajstić information content (AvgIpc) is 2.80. The third kappa shape index (κ3) is 4.08. The zero-order valence-corrected chi connectivity index (χ0v) is 17.2. The highest BCUT2D eigenvalue weighted by Gasteiger charge is 2.18. The fourth-order valence-electron chi connectivity index (χ4n) is 3.51. The van der Waals surface area contributed by atoms with E-state index in [9.17, 15) is 19.7 Å². The zero-order chi connectivity index (χ0) is 22.7. The monoisotopic (exact) mass is 429 g/mol. The SMILES string of the molecule is Cc1c(C(=O)NCc2nn(Cc3ccccn3)c(=O)c3ccccc23)cccc1[N+](=O)[O-]. The van der Waals surface area contributed by atoms with Crippen LogP contribution in [0.15, 0.2) is 71.7 Å². The molecule has 0 aliphatic carbocycles. The first-order valence-electron chi connectivity index (χ1n) is 9.86. The maximum atomic E-state index is 12.9. The summed E-state index contributed by atoms with van der Waals surface area (Å²) < 4.78 is 1.32. The highest BCUT2D eigenvalue weighted by molar-refractivity contribution is 5.96. The molecule has 1 amide bonds. The van der Waals surface area contributed by atoms with Gasteiger partial charge in [0.05, 0.1) is 34.8 Å². The Bertz CT molecular complexity index is 1380. The van der Waals surface area contributed by atoms with Crippen LogP contribution >= 0.6 is 0 Å². The molecule has 9 heteroatoms. The van der Waals surface area contributed by atoms with Crippen molar-refractivity contribution < 1.29 is 9.72 Å². The smallest absolute Gasteiger partial charge is 0.275 e. The van der Waals surface area contributed by atoms with Crippen LogP contribution < -0.4 is 10.9 Å². The summed E-state index contributed by atoms with van der Waals surface area (Å²) in [5.74, 6) is -0.459. The van der Waals surface area contributed by atoms with Gasteiger partial charge in [-0.2, -0.15) is 5.10 Å². The van der Waals surface area contributed by atoms with Gasteiger partial charge in [-0.15, -0.1) is 0 Å². The van der Waals surface area contributed by atoms with E-state index in [2.05, 4.69) is 15.4 Å². The number of nitrogens with one attached hydrogen (secondary N) is 1. The second-order valence-corrected chi connectivity index (χ2v) is 7.17. The maximum absolute atomic E-state index is 12.9. The van der Waals surface area contributed by atoms with Gasteiger partial charge in [-0.3, -0.25) is 24.7 Å². The van der Waals surface area contributed by atoms with E-state index in [1.54, 1.807) is 42.6 Å². The summed E-state index contributed by atoms with van der Waals surface area (Å²) in [6.07, 6.45) is 1.64. The lowest BCUT2D eigenvalue weighted by Crippen LogP contribution is -2.29. The molecule has 2 heterocycles. The van der Waals surface area contributed by atoms with Gasteiger partial charge in [0.1, 0.15) is 0 Å². The lowest BCUT2D eigenvalue weighted by atomic mass is 10.1. The Morgan fingerprint density at radius 3 is 2.53 bits per heavy atom. The van der Waals surface area contributed by atoms with Gasteiger partial charge in [-0.05, 0) is 31.2 Å². The van der Waals surface area contributed by atoms with E-state index in [-0.39, 0.29) is 35.5 Å². The minimum Gasteiger partial charge on any atom is -0.346 e. The highest BCUT2D eigenvalue weighted by Crippen LogP contribution is 2.21. The van der Waals surface area contributed by atoms with Crippen LogP contribution in [0.5, 0.6) is 0 Å². The number of nitro benzene ring substituents is 1. The third-order valence-corrected chi connectivity index (χ3v) is 5.15. The summed E-state index contributed by atoms with van der Waals surface area (Å²) in [6.45, 7) is 1.77. The van der Waals surface area contributed by atoms with Crippen LogP contribution in [-0.2, 0) is 13.1 Å². The van der Waals surface area contributed by atoms with E-state index in [0.717, 1.165) is 0 Å². The summed E-state index contributed by atoms with van der Waals surface area (Å²) in [6, 6.07) is 16.8. The van der Waals surface area contributed by atoms with Crippen molar-refractivity contribution >= 4 is 22.4 Å². The molecule has 4 aromatic rings. The van der Waals surface area contributed by atoms with Crippen molar-refractivity contribution in [2.75, 3.05) is 0 Å². The number of rotatable bonds is 6. The molecule has 0 spiro atoms. The number of hydrogen-bond donors (Lipinski definition) is 1. The van der Waals surface area contributed by atoms with Gasteiger partial charge in [0.25, 0.3) is 17.2 Å². The minimum absolute atomic E-state index is 0.0456. The van der Waals surface area contributed by atoms with Gasteiger partial charge in [-0.25, -0.2) is 4.68 Å². The van der Waals surface area contributed by atoms with Crippen LogP contribution in [0.4, 0.5) is 5.69 Å². The summed E-state index contributed by atoms with van der Waals surface area (Å²) >= 11 is 0. The first-order valence-corrected chi connectivity index (χ1v) is 9.86. The first kappa shape index (κ1) is 20.9. The number of carbonyl (C=O) groups is 1. The van der Waals surface area contributed by atoms with Gasteiger partial charge in [0, 0.05) is 28.8 Å². The van der Waals surface area contributed by atoms with Crippen LogP contribution in [0.25, 0.3) is 10.8 Å². The van der Waals surface area contributed by atoms with Gasteiger partial charge in [0.2, 0.25) is 0 Å². The number of benzene rings is 2. The quantitative estimate of drug-likeness (QED) is 0.372. The third-order valence-electron chi connectivity index (χ3n) is 5.15. The molecular formula is C23H19N5O4. The molecule has 0 atom stereocenters. The Morgan fingerprint density at radius 1 is 1.06 bits per heavy atom. The van der Waals surface area contributed by atoms with Crippen molar-refractivity contribution in [3.05, 3.63) is 110 Å². The topological polar surface area (TPSA) is 120 Å². The molecular weight excluding hydrogens is 410 g/mol. The molecule has 9 nitrogen and oxygen atoms in total. The van der Waals surface area contributed by atoms with Crippen LogP contribution in [0, 0.1) is 17.0 Å². The highest BCUT2D eigenvalue weighted by atomic mass is 16.6. The Kier molecular flexibility index (Phi) is 5.71. The average molecular weight is 429 g/mol. The van der Waals surface area contributed by atoms with Gasteiger partial charge in [0.15, 0.2) is 0 Å². The number of fused-ring (bicyclic) bond motifs is 1. The van der Waals surface area contributed by atoms with Crippen molar-refractivity contribution in [1.29, 1.82) is 0 Å². The van der Waals surface area contributed by atoms with Crippen molar-refractivity contribution in [2.45, 2.75) is 20.0 Å². The van der Waals surface area contributed by atoms with Crippen LogP contribution in [0.3, 0.4) is 0 Å². The molecule has 0 aliphatic heterocycles. The van der Waals surface area contributed by atoms with Crippen molar-refractivity contribution in [2.24, 2.45) is 0 Å². The number of amides is 1. The molecule has 2 aromatic carbocycles. The molecule has 4 rings (SSSR count). The molecule has 1 N–H and O–H groups in total. The summed E-state index contributed by atoms with van der Waals surface area (Å²) in [7, 11) is 0. The summed E-state index contributed by atoms with van der Waals surface area (Å²) in [5, 5.41) is 19.5. The van der Waals surface area contributed by atoms with E-state index in [1.165, 1.54) is 29.8 Å². The second kappa shape index (κ2) is 8.76. The van der Waals surface area contributed by atoms with Crippen LogP contribution in [0.2, 0.25) is 0 Å². The number of nitrogens with zero attached hydrogens (tertiary/aromatic N) is 4. The molecule has 0 fully saturated rings. The van der Waals surface area contributed by atoms with Crippen LogP contribution in [-0.4, -0.2) is 25.6 Å². The number of carbonyl (C=O) groups excluding carboxylic acids is 1. The van der Waals surface area contributed by atoms with Crippen molar-refractivity contribution in [1.82, 2.24) is 20.1 Å². The molecule has 32 heavy (non-hydrogen) atoms. The van der Waals surface area contributed by atoms with Gasteiger partial charge < -0.3 is 5.32 Å². The first-order chi connectivity index (χ1) is 15.5. The van der Waals surface area contributed by atoms with Gasteiger partial charge in [-0.1, -0.05) is 30.3 Å². The normalized spacial score (nSPS) is 10.8. The molecule has 2 aromatic heterocycles. The molecule has 0 aliphatic rings. The predicted octanol–water partition coefficient (Wildman–Crippen LogP) is 2.99. The largest absolute Gasteiger partial charge is 0.346 e. The maximum Gasteiger partial charge on any atom is 0.275 e. The fourth-order valence-corrected chi connectivity index (χ4v) is 3.51. The van der Waals surface area contributed by atoms with Crippen molar-refractivity contribution in [3.63, 3.8) is 0 Å². The van der Waals surface area contributed by atoms with E-state index in [1.807, 2.05) is 6.07 Å². The summed E-state index contributed by atoms with van der Waals surface area (Å²) in [5.41, 5.74) is 1.31. The Labute approximate surface area is 182 Å². The molecule has 160 valence electrons. The standard InChI is InChI=1S/C23H19N5O4/c1-15-17(10-6-11-21(15)28(31)32)22(29)25-13-20-18-8-2-3-9-19(18)23(30)27(26-20)14-16-7-4-5-12-24-16/h2-12H,13-14H2,1H3,(H,25,29). The van der Waals surface area contributed by atoms with E-state index >= 15 is 0 Å². The van der Waals surface area contributed by atoms with Crippen molar-refractivity contribution in [3.8, 4) is 0 Å². The lowest BCUT2D eigenvalue weighted by molar-refractivity contribution is -0.385. The van der Waals surface area contributed by atoms with E-state index in [0.29, 0.717) is 22.2 Å². The second-order valence-electron chi connectivity index (χ2n) is 7.17. The van der Waals surface area contributed by atoms with E-state index in [4.69, 9.17) is 0 Å². The molecule has 0 saturated carbocycles.